The Bertz CT molecular complexity index is 5650. The van der Waals surface area contributed by atoms with Gasteiger partial charge in [-0.2, -0.15) is 0 Å². The van der Waals surface area contributed by atoms with Crippen molar-refractivity contribution in [2.45, 2.75) is 50.4 Å². The SMILES string of the molecule is CC(C)(C)c1ccc(C2Nc3ccccc3NC3=C2C(=O)NC3)cc1.O=C1NCC2=C1C(c1ccc(-c3ccc([N+](=O)[O-])cc3)cc1)Nc1ccccc1N2.O=C1NCC2=C1C(c1ccc(-c3ccccc3)cc1)Nc1ccccc1N2.O=C1NCC2=C1C(c1ccc(C#Cc3ccccc3)cc1)Nc1ccccc1N2. The lowest BCUT2D eigenvalue weighted by molar-refractivity contribution is -0.384. The number of fused-ring (bicyclic) bond motifs is 4. The zero-order valence-electron chi connectivity index (χ0n) is 61.1. The average molecular weight is 1460 g/mol. The zero-order chi connectivity index (χ0) is 76.1. The maximum Gasteiger partial charge on any atom is 0.269 e. The highest BCUT2D eigenvalue weighted by Gasteiger charge is 2.38. The number of carbonyl (C=O) groups is 4. The molecule has 19 nitrogen and oxygen atoms in total. The lowest BCUT2D eigenvalue weighted by atomic mass is 9.85. The molecule has 0 spiro atoms. The summed E-state index contributed by atoms with van der Waals surface area (Å²) in [6, 6.07) is 90.9. The van der Waals surface area contributed by atoms with Gasteiger partial charge in [0.2, 0.25) is 0 Å². The highest BCUT2D eigenvalue weighted by Crippen LogP contribution is 2.44. The van der Waals surface area contributed by atoms with Gasteiger partial charge < -0.3 is 63.8 Å². The van der Waals surface area contributed by atoms with E-state index in [-0.39, 0.29) is 58.9 Å². The molecule has 11 aromatic rings. The molecule has 19 heteroatoms. The van der Waals surface area contributed by atoms with E-state index in [4.69, 9.17) is 0 Å². The Hall–Kier alpha value is -14.4. The van der Waals surface area contributed by atoms with Crippen molar-refractivity contribution in [1.29, 1.82) is 0 Å². The molecule has 0 saturated heterocycles. The van der Waals surface area contributed by atoms with Gasteiger partial charge in [0.1, 0.15) is 0 Å². The maximum absolute atomic E-state index is 12.6. The van der Waals surface area contributed by atoms with Crippen molar-refractivity contribution in [2.24, 2.45) is 0 Å². The van der Waals surface area contributed by atoms with E-state index < -0.39 is 4.92 Å². The summed E-state index contributed by atoms with van der Waals surface area (Å²) < 4.78 is 0. The van der Waals surface area contributed by atoms with E-state index in [0.29, 0.717) is 31.8 Å². The van der Waals surface area contributed by atoms with Crippen molar-refractivity contribution in [3.63, 3.8) is 0 Å². The summed E-state index contributed by atoms with van der Waals surface area (Å²) >= 11 is 0. The van der Waals surface area contributed by atoms with Crippen molar-refractivity contribution in [1.82, 2.24) is 21.3 Å². The first-order valence-corrected chi connectivity index (χ1v) is 36.9. The number of nitrogens with one attached hydrogen (secondary N) is 12. The number of anilines is 8. The topological polar surface area (TPSA) is 256 Å². The first kappa shape index (κ1) is 70.9. The number of nitro benzene ring substituents is 1. The summed E-state index contributed by atoms with van der Waals surface area (Å²) in [7, 11) is 0. The number of para-hydroxylation sites is 8. The lowest BCUT2D eigenvalue weighted by Crippen LogP contribution is -2.24. The zero-order valence-corrected chi connectivity index (χ0v) is 61.1. The molecule has 0 saturated carbocycles. The van der Waals surface area contributed by atoms with Crippen LogP contribution < -0.4 is 63.8 Å². The minimum absolute atomic E-state index is 0.00676. The number of benzene rings is 11. The van der Waals surface area contributed by atoms with E-state index in [0.717, 1.165) is 135 Å². The van der Waals surface area contributed by atoms with Crippen LogP contribution in [0.25, 0.3) is 22.3 Å². The van der Waals surface area contributed by atoms with Crippen LogP contribution in [0.15, 0.2) is 324 Å². The van der Waals surface area contributed by atoms with E-state index in [2.05, 4.69) is 157 Å². The average Bonchev–Trinajstić information content (AvgIpc) is 1.66. The van der Waals surface area contributed by atoms with Crippen LogP contribution in [0.3, 0.4) is 0 Å². The van der Waals surface area contributed by atoms with Gasteiger partial charge in [0.15, 0.2) is 0 Å². The minimum Gasteiger partial charge on any atom is -0.372 e. The molecule has 8 aliphatic rings. The Morgan fingerprint density at radius 3 is 0.865 bits per heavy atom. The second-order valence-corrected chi connectivity index (χ2v) is 28.8. The molecular weight excluding hydrogens is 1380 g/mol. The predicted octanol–water partition coefficient (Wildman–Crippen LogP) is 16.5. The van der Waals surface area contributed by atoms with Gasteiger partial charge in [0.25, 0.3) is 29.3 Å². The third-order valence-electron chi connectivity index (χ3n) is 20.7. The standard InChI is InChI=1S/C25H19N3O.C23H18N4O3.C23H19N3O.C21H23N3O/c29-25-23-22(16-26-25)27-20-8-4-5-9-21(20)28-24(23)19-14-12-18(13-15-19)11-10-17-6-2-1-3-7-17;28-23-21-20(13-24-23)25-18-3-1-2-4-19(18)26-22(21)16-7-5-14(6-8-16)15-9-11-17(12-10-15)27(29)30;27-23-21-20(14-24-23)25-18-8-4-5-9-19(18)26-22(21)17-12-10-16(11-13-17)15-6-2-1-3-7-15;1-21(2,3)14-10-8-13(9-11-14)19-18-17(12-22-20(18)25)23-15-6-4-5-7-16(15)24-19/h1-9,12-15,24,27-28H,16H2,(H,26,29);1-12,22,25-26H,13H2,(H,24,28);1-13,22,25-26H,14H2,(H,24,27);4-11,19,23-24H,12H2,1-3H3,(H,22,25). The number of nitro groups is 1. The summed E-state index contributed by atoms with van der Waals surface area (Å²) in [5, 5.41) is 50.4. The van der Waals surface area contributed by atoms with Gasteiger partial charge >= 0.3 is 0 Å². The quantitative estimate of drug-likeness (QED) is 0.0403. The maximum atomic E-state index is 12.6. The van der Waals surface area contributed by atoms with Crippen molar-refractivity contribution in [3.8, 4) is 34.1 Å². The summed E-state index contributed by atoms with van der Waals surface area (Å²) in [6.45, 7) is 8.68. The second-order valence-electron chi connectivity index (χ2n) is 28.8. The first-order chi connectivity index (χ1) is 54.1. The summed E-state index contributed by atoms with van der Waals surface area (Å²) in [5.74, 6) is 6.24. The number of non-ortho nitro benzene ring substituents is 1. The van der Waals surface area contributed by atoms with Gasteiger partial charge in [-0.1, -0.05) is 215 Å². The van der Waals surface area contributed by atoms with Crippen LogP contribution in [0.4, 0.5) is 51.2 Å². The highest BCUT2D eigenvalue weighted by molar-refractivity contribution is 6.04. The van der Waals surface area contributed by atoms with E-state index in [9.17, 15) is 29.3 Å². The van der Waals surface area contributed by atoms with Crippen molar-refractivity contribution in [2.75, 3.05) is 68.7 Å². The fraction of sp³-hybridized carbons (Fsp3) is 0.130. The molecule has 8 heterocycles. The van der Waals surface area contributed by atoms with E-state index >= 15 is 0 Å². The van der Waals surface area contributed by atoms with E-state index in [1.165, 1.54) is 23.3 Å². The van der Waals surface area contributed by atoms with Crippen LogP contribution in [0, 0.1) is 22.0 Å². The highest BCUT2D eigenvalue weighted by atomic mass is 16.6. The largest absolute Gasteiger partial charge is 0.372 e. The van der Waals surface area contributed by atoms with Gasteiger partial charge in [-0.25, -0.2) is 0 Å². The monoisotopic (exact) mass is 1460 g/mol. The smallest absolute Gasteiger partial charge is 0.269 e. The molecule has 4 amide bonds. The van der Waals surface area contributed by atoms with Crippen LogP contribution in [-0.4, -0.2) is 54.7 Å². The van der Waals surface area contributed by atoms with Crippen molar-refractivity contribution < 1.29 is 24.1 Å². The molecule has 0 radical (unpaired) electrons. The Kier molecular flexibility index (Phi) is 19.7. The minimum atomic E-state index is -0.408. The van der Waals surface area contributed by atoms with E-state index in [1.807, 2.05) is 194 Å². The van der Waals surface area contributed by atoms with Gasteiger partial charge in [0.05, 0.1) is 123 Å². The molecule has 12 N–H and O–H groups in total. The third kappa shape index (κ3) is 15.2. The van der Waals surface area contributed by atoms with Crippen molar-refractivity contribution in [3.05, 3.63) is 373 Å². The van der Waals surface area contributed by atoms with Gasteiger partial charge in [-0.3, -0.25) is 29.3 Å². The molecule has 0 fully saturated rings. The molecule has 0 aromatic heterocycles. The van der Waals surface area contributed by atoms with Crippen LogP contribution >= 0.6 is 0 Å². The first-order valence-electron chi connectivity index (χ1n) is 36.9. The molecule has 11 aromatic carbocycles. The Morgan fingerprint density at radius 1 is 0.306 bits per heavy atom. The molecule has 111 heavy (non-hydrogen) atoms. The molecule has 19 rings (SSSR count). The molecule has 548 valence electrons. The Morgan fingerprint density at radius 2 is 0.559 bits per heavy atom. The molecule has 4 atom stereocenters. The number of carbonyl (C=O) groups excluding carboxylic acids is 4. The summed E-state index contributed by atoms with van der Waals surface area (Å²) in [5.41, 5.74) is 26.2. The van der Waals surface area contributed by atoms with E-state index in [1.54, 1.807) is 12.1 Å². The number of rotatable bonds is 7. The van der Waals surface area contributed by atoms with Gasteiger partial charge in [0, 0.05) is 46.0 Å². The molecule has 0 aliphatic carbocycles. The normalized spacial score (nSPS) is 17.8. The summed E-state index contributed by atoms with van der Waals surface area (Å²) in [6.07, 6.45) is 0. The molecule has 0 bridgehead atoms. The van der Waals surface area contributed by atoms with Crippen LogP contribution in [0.1, 0.15) is 83.9 Å². The van der Waals surface area contributed by atoms with Gasteiger partial charge in [-0.05, 0) is 140 Å². The summed E-state index contributed by atoms with van der Waals surface area (Å²) in [4.78, 5) is 60.6. The molecule has 4 unspecified atom stereocenters. The number of hydrogen-bond donors (Lipinski definition) is 12. The number of amides is 4. The predicted molar refractivity (Wildman–Crippen MR) is 440 cm³/mol. The lowest BCUT2D eigenvalue weighted by Gasteiger charge is -2.23. The Balaban J connectivity index is 0.000000112. The van der Waals surface area contributed by atoms with Crippen LogP contribution in [0.5, 0.6) is 0 Å². The van der Waals surface area contributed by atoms with Gasteiger partial charge in [-0.15, -0.1) is 0 Å². The fourth-order valence-corrected chi connectivity index (χ4v) is 14.8. The Labute approximate surface area is 643 Å². The fourth-order valence-electron chi connectivity index (χ4n) is 14.8. The van der Waals surface area contributed by atoms with Crippen molar-refractivity contribution >= 4 is 74.8 Å². The second kappa shape index (κ2) is 30.8. The molecular formula is C92H79N13O6. The van der Waals surface area contributed by atoms with Crippen LogP contribution in [0.2, 0.25) is 0 Å². The third-order valence-corrected chi connectivity index (χ3v) is 20.7. The molecule has 8 aliphatic heterocycles. The number of nitrogens with zero attached hydrogens (tertiary/aromatic N) is 1. The number of hydrogen-bond acceptors (Lipinski definition) is 14. The van der Waals surface area contributed by atoms with Crippen LogP contribution in [-0.2, 0) is 24.6 Å².